The molecule has 1 N–H and O–H groups in total. The van der Waals surface area contributed by atoms with Crippen LogP contribution in [0.1, 0.15) is 38.2 Å². The lowest BCUT2D eigenvalue weighted by Crippen LogP contribution is -2.35. The Labute approximate surface area is 108 Å². The molecule has 3 heteroatoms. The first-order valence-corrected chi connectivity index (χ1v) is 6.57. The van der Waals surface area contributed by atoms with Crippen molar-refractivity contribution in [2.24, 2.45) is 5.92 Å². The SMILES string of the molecule is COc1ccc(CC2(O)CCC(C)CC2)cc1F. The van der Waals surface area contributed by atoms with Crippen LogP contribution < -0.4 is 4.74 Å². The van der Waals surface area contributed by atoms with E-state index in [1.54, 1.807) is 6.07 Å². The Kier molecular flexibility index (Phi) is 3.91. The molecule has 100 valence electrons. The highest BCUT2D eigenvalue weighted by Gasteiger charge is 2.31. The Hall–Kier alpha value is -1.09. The Morgan fingerprint density at radius 1 is 1.39 bits per heavy atom. The summed E-state index contributed by atoms with van der Waals surface area (Å²) in [5.74, 6) is 0.587. The fourth-order valence-electron chi connectivity index (χ4n) is 2.68. The van der Waals surface area contributed by atoms with Crippen molar-refractivity contribution in [1.29, 1.82) is 0 Å². The van der Waals surface area contributed by atoms with Crippen LogP contribution in [0.5, 0.6) is 5.75 Å². The molecule has 1 aliphatic rings. The molecular formula is C15H21FO2. The lowest BCUT2D eigenvalue weighted by atomic mass is 9.76. The van der Waals surface area contributed by atoms with Crippen molar-refractivity contribution in [2.75, 3.05) is 7.11 Å². The molecule has 18 heavy (non-hydrogen) atoms. The van der Waals surface area contributed by atoms with Gasteiger partial charge in [-0.05, 0) is 49.3 Å². The molecule has 0 bridgehead atoms. The van der Waals surface area contributed by atoms with Crippen LogP contribution in [0.3, 0.4) is 0 Å². The summed E-state index contributed by atoms with van der Waals surface area (Å²) in [6.07, 6.45) is 4.24. The summed E-state index contributed by atoms with van der Waals surface area (Å²) in [5.41, 5.74) is 0.179. The van der Waals surface area contributed by atoms with E-state index < -0.39 is 5.60 Å². The molecule has 1 aromatic rings. The van der Waals surface area contributed by atoms with Gasteiger partial charge in [-0.2, -0.15) is 0 Å². The third-order valence-corrected chi connectivity index (χ3v) is 3.95. The Morgan fingerprint density at radius 3 is 2.61 bits per heavy atom. The quantitative estimate of drug-likeness (QED) is 0.894. The minimum absolute atomic E-state index is 0.253. The zero-order chi connectivity index (χ0) is 13.2. The van der Waals surface area contributed by atoms with Gasteiger partial charge in [0.15, 0.2) is 11.6 Å². The molecule has 1 fully saturated rings. The van der Waals surface area contributed by atoms with E-state index in [4.69, 9.17) is 4.74 Å². The minimum Gasteiger partial charge on any atom is -0.494 e. The first-order valence-electron chi connectivity index (χ1n) is 6.57. The summed E-state index contributed by atoms with van der Waals surface area (Å²) >= 11 is 0. The van der Waals surface area contributed by atoms with Crippen LogP contribution in [0.15, 0.2) is 18.2 Å². The van der Waals surface area contributed by atoms with Gasteiger partial charge in [-0.3, -0.25) is 0 Å². The van der Waals surface area contributed by atoms with E-state index in [9.17, 15) is 9.50 Å². The maximum absolute atomic E-state index is 13.6. The highest BCUT2D eigenvalue weighted by molar-refractivity contribution is 5.30. The summed E-state index contributed by atoms with van der Waals surface area (Å²) in [6.45, 7) is 2.21. The number of ether oxygens (including phenoxy) is 1. The maximum Gasteiger partial charge on any atom is 0.165 e. The van der Waals surface area contributed by atoms with Crippen molar-refractivity contribution in [3.63, 3.8) is 0 Å². The Bertz CT molecular complexity index is 409. The number of halogens is 1. The van der Waals surface area contributed by atoms with Crippen LogP contribution in [0.2, 0.25) is 0 Å². The van der Waals surface area contributed by atoms with Gasteiger partial charge in [-0.1, -0.05) is 13.0 Å². The molecule has 0 unspecified atom stereocenters. The fourth-order valence-corrected chi connectivity index (χ4v) is 2.68. The fraction of sp³-hybridized carbons (Fsp3) is 0.600. The number of benzene rings is 1. The van der Waals surface area contributed by atoms with Gasteiger partial charge in [0.05, 0.1) is 12.7 Å². The molecule has 2 nitrogen and oxygen atoms in total. The van der Waals surface area contributed by atoms with Gasteiger partial charge in [0.1, 0.15) is 0 Å². The molecule has 1 saturated carbocycles. The van der Waals surface area contributed by atoms with Crippen molar-refractivity contribution in [3.05, 3.63) is 29.6 Å². The summed E-state index contributed by atoms with van der Waals surface area (Å²) in [6, 6.07) is 4.92. The van der Waals surface area contributed by atoms with Crippen molar-refractivity contribution in [3.8, 4) is 5.75 Å². The maximum atomic E-state index is 13.6. The largest absolute Gasteiger partial charge is 0.494 e. The van der Waals surface area contributed by atoms with E-state index in [1.807, 2.05) is 6.07 Å². The second kappa shape index (κ2) is 5.27. The van der Waals surface area contributed by atoms with E-state index in [0.717, 1.165) is 31.2 Å². The van der Waals surface area contributed by atoms with E-state index >= 15 is 0 Å². The Morgan fingerprint density at radius 2 is 2.06 bits per heavy atom. The van der Waals surface area contributed by atoms with Crippen LogP contribution in [-0.2, 0) is 6.42 Å². The molecular weight excluding hydrogens is 231 g/mol. The zero-order valence-corrected chi connectivity index (χ0v) is 11.1. The van der Waals surface area contributed by atoms with Gasteiger partial charge in [-0.25, -0.2) is 4.39 Å². The van der Waals surface area contributed by atoms with Gasteiger partial charge in [0, 0.05) is 6.42 Å². The molecule has 1 aliphatic carbocycles. The van der Waals surface area contributed by atoms with Gasteiger partial charge in [0.2, 0.25) is 0 Å². The van der Waals surface area contributed by atoms with Crippen molar-refractivity contribution >= 4 is 0 Å². The highest BCUT2D eigenvalue weighted by atomic mass is 19.1. The van der Waals surface area contributed by atoms with Crippen molar-refractivity contribution in [2.45, 2.75) is 44.6 Å². The molecule has 0 radical (unpaired) electrons. The minimum atomic E-state index is -0.659. The summed E-state index contributed by atoms with van der Waals surface area (Å²) in [4.78, 5) is 0. The molecule has 0 saturated heterocycles. The molecule has 0 amide bonds. The summed E-state index contributed by atoms with van der Waals surface area (Å²) < 4.78 is 18.5. The lowest BCUT2D eigenvalue weighted by molar-refractivity contribution is -0.00672. The number of aliphatic hydroxyl groups is 1. The summed E-state index contributed by atoms with van der Waals surface area (Å²) in [5, 5.41) is 10.5. The van der Waals surface area contributed by atoms with Crippen LogP contribution in [0, 0.1) is 11.7 Å². The lowest BCUT2D eigenvalue weighted by Gasteiger charge is -2.35. The molecule has 0 aliphatic heterocycles. The molecule has 0 spiro atoms. The van der Waals surface area contributed by atoms with Crippen molar-refractivity contribution < 1.29 is 14.2 Å². The molecule has 0 aromatic heterocycles. The van der Waals surface area contributed by atoms with Crippen LogP contribution in [0.4, 0.5) is 4.39 Å². The predicted molar refractivity (Wildman–Crippen MR) is 69.2 cm³/mol. The number of hydrogen-bond donors (Lipinski definition) is 1. The van der Waals surface area contributed by atoms with Gasteiger partial charge in [0.25, 0.3) is 0 Å². The van der Waals surface area contributed by atoms with Crippen LogP contribution in [0.25, 0.3) is 0 Å². The predicted octanol–water partition coefficient (Wildman–Crippen LogP) is 3.32. The molecule has 1 aromatic carbocycles. The van der Waals surface area contributed by atoms with E-state index in [1.165, 1.54) is 13.2 Å². The molecule has 0 atom stereocenters. The third-order valence-electron chi connectivity index (χ3n) is 3.95. The number of methoxy groups -OCH3 is 1. The standard InChI is InChI=1S/C15H21FO2/c1-11-5-7-15(17,8-6-11)10-12-3-4-14(18-2)13(16)9-12/h3-4,9,11,17H,5-8,10H2,1-2H3. The van der Waals surface area contributed by atoms with E-state index in [2.05, 4.69) is 6.92 Å². The molecule has 0 heterocycles. The van der Waals surface area contributed by atoms with Gasteiger partial charge in [-0.15, -0.1) is 0 Å². The van der Waals surface area contributed by atoms with Gasteiger partial charge >= 0.3 is 0 Å². The average molecular weight is 252 g/mol. The van der Waals surface area contributed by atoms with E-state index in [-0.39, 0.29) is 11.6 Å². The van der Waals surface area contributed by atoms with Crippen LogP contribution >= 0.6 is 0 Å². The Balaban J connectivity index is 2.07. The van der Waals surface area contributed by atoms with Crippen LogP contribution in [-0.4, -0.2) is 17.8 Å². The third kappa shape index (κ3) is 3.02. The summed E-state index contributed by atoms with van der Waals surface area (Å²) in [7, 11) is 1.45. The van der Waals surface area contributed by atoms with E-state index in [0.29, 0.717) is 12.3 Å². The zero-order valence-electron chi connectivity index (χ0n) is 11.1. The highest BCUT2D eigenvalue weighted by Crippen LogP contribution is 2.34. The van der Waals surface area contributed by atoms with Crippen molar-refractivity contribution in [1.82, 2.24) is 0 Å². The number of hydrogen-bond acceptors (Lipinski definition) is 2. The van der Waals surface area contributed by atoms with Gasteiger partial charge < -0.3 is 9.84 Å². The monoisotopic (exact) mass is 252 g/mol. The second-order valence-electron chi connectivity index (χ2n) is 5.55. The number of rotatable bonds is 3. The average Bonchev–Trinajstić information content (AvgIpc) is 2.34. The first kappa shape index (κ1) is 13.3. The molecule has 2 rings (SSSR count). The smallest absolute Gasteiger partial charge is 0.165 e. The second-order valence-corrected chi connectivity index (χ2v) is 5.55. The first-order chi connectivity index (χ1) is 8.52. The normalized spacial score (nSPS) is 28.1. The topological polar surface area (TPSA) is 29.5 Å².